The molecular formula is C18H22BrN3O2. The Kier molecular flexibility index (Phi) is 4.67. The SMILES string of the molecule is CC(C)(C)OC(=O)N1CCCC1c1ncc(-c2cccc(Br)c2)[nH]1. The molecule has 1 amide bonds. The summed E-state index contributed by atoms with van der Waals surface area (Å²) < 4.78 is 6.54. The largest absolute Gasteiger partial charge is 0.444 e. The number of nitrogens with zero attached hydrogens (tertiary/aromatic N) is 2. The van der Waals surface area contributed by atoms with E-state index in [0.717, 1.165) is 34.4 Å². The Labute approximate surface area is 150 Å². The molecule has 1 aliphatic heterocycles. The lowest BCUT2D eigenvalue weighted by Gasteiger charge is -2.27. The zero-order valence-corrected chi connectivity index (χ0v) is 15.8. The number of rotatable bonds is 2. The molecule has 1 atom stereocenters. The number of ether oxygens (including phenoxy) is 1. The van der Waals surface area contributed by atoms with Gasteiger partial charge in [0.05, 0.1) is 17.9 Å². The van der Waals surface area contributed by atoms with E-state index in [-0.39, 0.29) is 12.1 Å². The standard InChI is InChI=1S/C18H22BrN3O2/c1-18(2,3)24-17(23)22-9-5-8-15(22)16-20-11-14(21-16)12-6-4-7-13(19)10-12/h4,6-7,10-11,15H,5,8-9H2,1-3H3,(H,20,21). The molecule has 128 valence electrons. The molecule has 2 heterocycles. The Morgan fingerprint density at radius 1 is 1.42 bits per heavy atom. The van der Waals surface area contributed by atoms with E-state index in [1.807, 2.05) is 51.2 Å². The number of H-pyrrole nitrogens is 1. The molecule has 0 radical (unpaired) electrons. The minimum absolute atomic E-state index is 0.0549. The van der Waals surface area contributed by atoms with Crippen molar-refractivity contribution in [2.75, 3.05) is 6.54 Å². The van der Waals surface area contributed by atoms with Crippen LogP contribution in [-0.4, -0.2) is 33.1 Å². The maximum Gasteiger partial charge on any atom is 0.410 e. The summed E-state index contributed by atoms with van der Waals surface area (Å²) in [5.74, 6) is 0.813. The summed E-state index contributed by atoms with van der Waals surface area (Å²) in [7, 11) is 0. The molecule has 1 aromatic carbocycles. The fourth-order valence-electron chi connectivity index (χ4n) is 2.90. The van der Waals surface area contributed by atoms with Crippen molar-refractivity contribution >= 4 is 22.0 Å². The first-order valence-electron chi connectivity index (χ1n) is 8.14. The zero-order valence-electron chi connectivity index (χ0n) is 14.2. The number of aromatic nitrogens is 2. The zero-order chi connectivity index (χ0) is 17.3. The number of halogens is 1. The number of carbonyl (C=O) groups excluding carboxylic acids is 1. The summed E-state index contributed by atoms with van der Waals surface area (Å²) >= 11 is 3.49. The number of hydrogen-bond donors (Lipinski definition) is 1. The van der Waals surface area contributed by atoms with Crippen LogP contribution >= 0.6 is 15.9 Å². The minimum Gasteiger partial charge on any atom is -0.444 e. The molecule has 0 bridgehead atoms. The van der Waals surface area contributed by atoms with Gasteiger partial charge >= 0.3 is 6.09 Å². The molecule has 1 aromatic heterocycles. The van der Waals surface area contributed by atoms with Crippen LogP contribution in [0.25, 0.3) is 11.3 Å². The Bertz CT molecular complexity index is 736. The average molecular weight is 392 g/mol. The van der Waals surface area contributed by atoms with Gasteiger partial charge in [-0.2, -0.15) is 0 Å². The van der Waals surface area contributed by atoms with Crippen LogP contribution in [0.4, 0.5) is 4.79 Å². The van der Waals surface area contributed by atoms with Gasteiger partial charge in [0.25, 0.3) is 0 Å². The van der Waals surface area contributed by atoms with Gasteiger partial charge in [-0.1, -0.05) is 28.1 Å². The van der Waals surface area contributed by atoms with Crippen molar-refractivity contribution in [1.82, 2.24) is 14.9 Å². The lowest BCUT2D eigenvalue weighted by atomic mass is 10.2. The van der Waals surface area contributed by atoms with Gasteiger partial charge in [-0.25, -0.2) is 9.78 Å². The van der Waals surface area contributed by atoms with Crippen LogP contribution in [0.2, 0.25) is 0 Å². The van der Waals surface area contributed by atoms with Crippen molar-refractivity contribution < 1.29 is 9.53 Å². The van der Waals surface area contributed by atoms with Gasteiger partial charge in [0.2, 0.25) is 0 Å². The molecule has 6 heteroatoms. The molecular weight excluding hydrogens is 370 g/mol. The van der Waals surface area contributed by atoms with Gasteiger partial charge in [-0.15, -0.1) is 0 Å². The topological polar surface area (TPSA) is 58.2 Å². The summed E-state index contributed by atoms with van der Waals surface area (Å²) in [4.78, 5) is 22.1. The third-order valence-electron chi connectivity index (χ3n) is 3.93. The molecule has 24 heavy (non-hydrogen) atoms. The van der Waals surface area contributed by atoms with Crippen LogP contribution in [0.1, 0.15) is 45.5 Å². The highest BCUT2D eigenvalue weighted by Crippen LogP contribution is 2.33. The molecule has 5 nitrogen and oxygen atoms in total. The Hall–Kier alpha value is -1.82. The molecule has 2 aromatic rings. The summed E-state index contributed by atoms with van der Waals surface area (Å²) in [6.45, 7) is 6.35. The molecule has 0 spiro atoms. The molecule has 1 saturated heterocycles. The average Bonchev–Trinajstić information content (AvgIpc) is 3.14. The van der Waals surface area contributed by atoms with Crippen molar-refractivity contribution in [2.24, 2.45) is 0 Å². The maximum atomic E-state index is 12.4. The van der Waals surface area contributed by atoms with Crippen LogP contribution in [0.15, 0.2) is 34.9 Å². The first-order valence-corrected chi connectivity index (χ1v) is 8.93. The normalized spacial score (nSPS) is 18.0. The summed E-state index contributed by atoms with van der Waals surface area (Å²) in [5, 5.41) is 0. The van der Waals surface area contributed by atoms with Crippen molar-refractivity contribution in [3.05, 3.63) is 40.8 Å². The van der Waals surface area contributed by atoms with Gasteiger partial charge < -0.3 is 9.72 Å². The first kappa shape index (κ1) is 17.0. The van der Waals surface area contributed by atoms with E-state index in [1.165, 1.54) is 0 Å². The predicted octanol–water partition coefficient (Wildman–Crippen LogP) is 4.91. The fraction of sp³-hybridized carbons (Fsp3) is 0.444. The molecule has 1 fully saturated rings. The highest BCUT2D eigenvalue weighted by Gasteiger charge is 2.34. The molecule has 1 unspecified atom stereocenters. The first-order chi connectivity index (χ1) is 11.3. The minimum atomic E-state index is -0.491. The van der Waals surface area contributed by atoms with E-state index in [9.17, 15) is 4.79 Å². The second kappa shape index (κ2) is 6.59. The van der Waals surface area contributed by atoms with E-state index in [1.54, 1.807) is 4.90 Å². The van der Waals surface area contributed by atoms with Crippen LogP contribution in [-0.2, 0) is 4.74 Å². The van der Waals surface area contributed by atoms with Gasteiger partial charge in [-0.05, 0) is 45.7 Å². The lowest BCUT2D eigenvalue weighted by Crippen LogP contribution is -2.36. The van der Waals surface area contributed by atoms with Gasteiger partial charge in [0, 0.05) is 16.6 Å². The number of amides is 1. The number of imidazole rings is 1. The smallest absolute Gasteiger partial charge is 0.410 e. The van der Waals surface area contributed by atoms with Crippen molar-refractivity contribution in [1.29, 1.82) is 0 Å². The highest BCUT2D eigenvalue weighted by atomic mass is 79.9. The predicted molar refractivity (Wildman–Crippen MR) is 96.6 cm³/mol. The number of likely N-dealkylation sites (tertiary alicyclic amines) is 1. The van der Waals surface area contributed by atoms with E-state index in [4.69, 9.17) is 4.74 Å². The molecule has 3 rings (SSSR count). The summed E-state index contributed by atoms with van der Waals surface area (Å²) in [5.41, 5.74) is 1.52. The third-order valence-corrected chi connectivity index (χ3v) is 4.42. The van der Waals surface area contributed by atoms with Gasteiger partial charge in [-0.3, -0.25) is 4.90 Å². The quantitative estimate of drug-likeness (QED) is 0.790. The van der Waals surface area contributed by atoms with Gasteiger partial charge in [0.15, 0.2) is 0 Å². The number of carbonyl (C=O) groups is 1. The van der Waals surface area contributed by atoms with E-state index >= 15 is 0 Å². The Morgan fingerprint density at radius 2 is 2.21 bits per heavy atom. The Balaban J connectivity index is 1.80. The number of benzene rings is 1. The van der Waals surface area contributed by atoms with Crippen molar-refractivity contribution in [2.45, 2.75) is 45.3 Å². The van der Waals surface area contributed by atoms with E-state index in [0.29, 0.717) is 6.54 Å². The van der Waals surface area contributed by atoms with Crippen LogP contribution in [0.3, 0.4) is 0 Å². The molecule has 1 N–H and O–H groups in total. The van der Waals surface area contributed by atoms with Crippen LogP contribution in [0.5, 0.6) is 0 Å². The van der Waals surface area contributed by atoms with Gasteiger partial charge in [0.1, 0.15) is 11.4 Å². The number of nitrogens with one attached hydrogen (secondary N) is 1. The van der Waals surface area contributed by atoms with Crippen LogP contribution in [0, 0.1) is 0 Å². The molecule has 1 aliphatic rings. The van der Waals surface area contributed by atoms with Crippen molar-refractivity contribution in [3.8, 4) is 11.3 Å². The lowest BCUT2D eigenvalue weighted by molar-refractivity contribution is 0.0219. The number of aromatic amines is 1. The Morgan fingerprint density at radius 3 is 2.92 bits per heavy atom. The van der Waals surface area contributed by atoms with E-state index in [2.05, 4.69) is 25.9 Å². The summed E-state index contributed by atoms with van der Waals surface area (Å²) in [6.07, 6.45) is 3.40. The second-order valence-electron chi connectivity index (χ2n) is 7.02. The summed E-state index contributed by atoms with van der Waals surface area (Å²) in [6, 6.07) is 7.99. The second-order valence-corrected chi connectivity index (χ2v) is 7.94. The fourth-order valence-corrected chi connectivity index (χ4v) is 3.30. The molecule has 0 saturated carbocycles. The highest BCUT2D eigenvalue weighted by molar-refractivity contribution is 9.10. The maximum absolute atomic E-state index is 12.4. The van der Waals surface area contributed by atoms with Crippen LogP contribution < -0.4 is 0 Å². The third kappa shape index (κ3) is 3.80. The van der Waals surface area contributed by atoms with E-state index < -0.39 is 5.60 Å². The number of hydrogen-bond acceptors (Lipinski definition) is 3. The molecule has 0 aliphatic carbocycles. The monoisotopic (exact) mass is 391 g/mol. The van der Waals surface area contributed by atoms with Crippen molar-refractivity contribution in [3.63, 3.8) is 0 Å².